The minimum Gasteiger partial charge on any atom is -0.381 e. The number of nitro benzene ring substituents is 1. The second kappa shape index (κ2) is 6.45. The number of hydrogen-bond acceptors (Lipinski definition) is 3. The predicted octanol–water partition coefficient (Wildman–Crippen LogP) is 5.24. The first kappa shape index (κ1) is 15.8. The second-order valence-electron chi connectivity index (χ2n) is 4.81. The number of aryl methyl sites for hydroxylation is 2. The van der Waals surface area contributed by atoms with Crippen LogP contribution in [0, 0.1) is 24.0 Å². The maximum atomic E-state index is 10.9. The van der Waals surface area contributed by atoms with Crippen LogP contribution in [-0.2, 0) is 6.54 Å². The second-order valence-corrected chi connectivity index (χ2v) is 6.07. The molecule has 0 unspecified atom stereocenters. The summed E-state index contributed by atoms with van der Waals surface area (Å²) in [6, 6.07) is 9.14. The van der Waals surface area contributed by atoms with Crippen molar-refractivity contribution in [2.75, 3.05) is 5.32 Å². The topological polar surface area (TPSA) is 55.2 Å². The molecule has 0 saturated carbocycles. The molecule has 110 valence electrons. The van der Waals surface area contributed by atoms with Gasteiger partial charge in [-0.25, -0.2) is 0 Å². The normalized spacial score (nSPS) is 10.5. The molecule has 0 radical (unpaired) electrons. The van der Waals surface area contributed by atoms with Gasteiger partial charge in [0.05, 0.1) is 9.95 Å². The molecule has 0 atom stereocenters. The van der Waals surface area contributed by atoms with Crippen LogP contribution in [0.3, 0.4) is 0 Å². The van der Waals surface area contributed by atoms with Gasteiger partial charge in [0.15, 0.2) is 0 Å². The van der Waals surface area contributed by atoms with Crippen molar-refractivity contribution in [1.29, 1.82) is 0 Å². The molecule has 1 N–H and O–H groups in total. The van der Waals surface area contributed by atoms with E-state index < -0.39 is 0 Å². The minimum absolute atomic E-state index is 0.143. The fraction of sp³-hybridized carbons (Fsp3) is 0.200. The average molecular weight is 370 g/mol. The Morgan fingerprint density at radius 3 is 2.57 bits per heavy atom. The molecule has 0 saturated heterocycles. The molecule has 2 aromatic rings. The van der Waals surface area contributed by atoms with Crippen LogP contribution < -0.4 is 5.32 Å². The van der Waals surface area contributed by atoms with Gasteiger partial charge in [-0.1, -0.05) is 17.7 Å². The molecule has 0 aliphatic rings. The van der Waals surface area contributed by atoms with E-state index in [1.54, 1.807) is 19.1 Å². The Kier molecular flexibility index (Phi) is 4.85. The summed E-state index contributed by atoms with van der Waals surface area (Å²) in [5.41, 5.74) is 3.55. The number of nitrogens with zero attached hydrogens (tertiary/aromatic N) is 1. The highest BCUT2D eigenvalue weighted by atomic mass is 79.9. The van der Waals surface area contributed by atoms with Crippen LogP contribution >= 0.6 is 27.5 Å². The first-order chi connectivity index (χ1) is 9.88. The van der Waals surface area contributed by atoms with E-state index >= 15 is 0 Å². The molecule has 0 heterocycles. The van der Waals surface area contributed by atoms with Crippen molar-refractivity contribution >= 4 is 38.9 Å². The van der Waals surface area contributed by atoms with E-state index in [1.165, 1.54) is 0 Å². The van der Waals surface area contributed by atoms with Gasteiger partial charge >= 0.3 is 0 Å². The van der Waals surface area contributed by atoms with Crippen molar-refractivity contribution in [2.24, 2.45) is 0 Å². The summed E-state index contributed by atoms with van der Waals surface area (Å²) in [7, 11) is 0. The molecule has 2 aromatic carbocycles. The van der Waals surface area contributed by atoms with Crippen molar-refractivity contribution in [3.05, 3.63) is 66.6 Å². The Balaban J connectivity index is 2.18. The van der Waals surface area contributed by atoms with E-state index in [0.29, 0.717) is 17.1 Å². The number of hydrogen-bond donors (Lipinski definition) is 1. The molecular formula is C15H14BrClN2O2. The van der Waals surface area contributed by atoms with Gasteiger partial charge in [0, 0.05) is 28.3 Å². The van der Waals surface area contributed by atoms with Crippen molar-refractivity contribution in [3.63, 3.8) is 0 Å². The van der Waals surface area contributed by atoms with Crippen molar-refractivity contribution < 1.29 is 4.92 Å². The summed E-state index contributed by atoms with van der Waals surface area (Å²) < 4.78 is 0.857. The van der Waals surface area contributed by atoms with Gasteiger partial charge in [0.2, 0.25) is 0 Å². The fourth-order valence-electron chi connectivity index (χ4n) is 2.03. The minimum atomic E-state index is -0.361. The SMILES string of the molecule is Cc1cc([N+](=O)[O-])c(C)cc1NCc1ccc(Br)c(Cl)c1. The number of rotatable bonds is 4. The molecule has 0 fully saturated rings. The number of halogens is 2. The summed E-state index contributed by atoms with van der Waals surface area (Å²) in [4.78, 5) is 10.5. The van der Waals surface area contributed by atoms with Gasteiger partial charge < -0.3 is 5.32 Å². The van der Waals surface area contributed by atoms with Gasteiger partial charge in [-0.3, -0.25) is 10.1 Å². The molecule has 0 aliphatic carbocycles. The zero-order valence-electron chi connectivity index (χ0n) is 11.6. The van der Waals surface area contributed by atoms with Crippen LogP contribution in [0.1, 0.15) is 16.7 Å². The third kappa shape index (κ3) is 3.74. The summed E-state index contributed by atoms with van der Waals surface area (Å²) in [5.74, 6) is 0. The third-order valence-electron chi connectivity index (χ3n) is 3.21. The fourth-order valence-corrected chi connectivity index (χ4v) is 2.48. The maximum Gasteiger partial charge on any atom is 0.272 e. The lowest BCUT2D eigenvalue weighted by Crippen LogP contribution is -2.03. The standard InChI is InChI=1S/C15H14BrClN2O2/c1-9-6-15(19(20)21)10(2)5-14(9)18-8-11-3-4-12(16)13(17)7-11/h3-7,18H,8H2,1-2H3. The van der Waals surface area contributed by atoms with Crippen LogP contribution in [0.2, 0.25) is 5.02 Å². The zero-order valence-corrected chi connectivity index (χ0v) is 14.0. The maximum absolute atomic E-state index is 10.9. The summed E-state index contributed by atoms with van der Waals surface area (Å²) in [5, 5.41) is 14.8. The molecule has 0 spiro atoms. The lowest BCUT2D eigenvalue weighted by Gasteiger charge is -2.11. The largest absolute Gasteiger partial charge is 0.381 e. The molecule has 0 bridgehead atoms. The Morgan fingerprint density at radius 2 is 1.95 bits per heavy atom. The Morgan fingerprint density at radius 1 is 1.24 bits per heavy atom. The molecule has 6 heteroatoms. The average Bonchev–Trinajstić information content (AvgIpc) is 2.42. The van der Waals surface area contributed by atoms with E-state index in [9.17, 15) is 10.1 Å². The van der Waals surface area contributed by atoms with Crippen LogP contribution in [0.15, 0.2) is 34.8 Å². The van der Waals surface area contributed by atoms with E-state index in [-0.39, 0.29) is 10.6 Å². The van der Waals surface area contributed by atoms with Crippen molar-refractivity contribution in [2.45, 2.75) is 20.4 Å². The quantitative estimate of drug-likeness (QED) is 0.592. The highest BCUT2D eigenvalue weighted by Crippen LogP contribution is 2.27. The van der Waals surface area contributed by atoms with Gasteiger partial charge in [-0.15, -0.1) is 0 Å². The summed E-state index contributed by atoms with van der Waals surface area (Å²) >= 11 is 9.41. The van der Waals surface area contributed by atoms with E-state index in [2.05, 4.69) is 21.2 Å². The molecular weight excluding hydrogens is 356 g/mol. The number of nitro groups is 1. The van der Waals surface area contributed by atoms with Crippen LogP contribution in [0.5, 0.6) is 0 Å². The monoisotopic (exact) mass is 368 g/mol. The summed E-state index contributed by atoms with van der Waals surface area (Å²) in [6.45, 7) is 4.19. The smallest absolute Gasteiger partial charge is 0.272 e. The molecule has 0 aliphatic heterocycles. The molecule has 21 heavy (non-hydrogen) atoms. The Hall–Kier alpha value is -1.59. The lowest BCUT2D eigenvalue weighted by molar-refractivity contribution is -0.385. The van der Waals surface area contributed by atoms with Gasteiger partial charge in [-0.05, 0) is 59.1 Å². The van der Waals surface area contributed by atoms with Crippen molar-refractivity contribution in [1.82, 2.24) is 0 Å². The van der Waals surface area contributed by atoms with Gasteiger partial charge in [0.1, 0.15) is 0 Å². The van der Waals surface area contributed by atoms with E-state index in [4.69, 9.17) is 11.6 Å². The molecule has 4 nitrogen and oxygen atoms in total. The van der Waals surface area contributed by atoms with E-state index in [0.717, 1.165) is 21.3 Å². The van der Waals surface area contributed by atoms with Crippen LogP contribution in [-0.4, -0.2) is 4.92 Å². The first-order valence-electron chi connectivity index (χ1n) is 6.32. The van der Waals surface area contributed by atoms with Gasteiger partial charge in [0.25, 0.3) is 5.69 Å². The molecule has 0 aromatic heterocycles. The number of benzene rings is 2. The van der Waals surface area contributed by atoms with Crippen molar-refractivity contribution in [3.8, 4) is 0 Å². The number of anilines is 1. The molecule has 0 amide bonds. The number of nitrogens with one attached hydrogen (secondary N) is 1. The zero-order chi connectivity index (χ0) is 15.6. The Labute approximate surface area is 136 Å². The van der Waals surface area contributed by atoms with Gasteiger partial charge in [-0.2, -0.15) is 0 Å². The highest BCUT2D eigenvalue weighted by Gasteiger charge is 2.13. The highest BCUT2D eigenvalue weighted by molar-refractivity contribution is 9.10. The lowest BCUT2D eigenvalue weighted by atomic mass is 10.1. The molecule has 2 rings (SSSR count). The Bertz CT molecular complexity index is 704. The summed E-state index contributed by atoms with van der Waals surface area (Å²) in [6.07, 6.45) is 0. The first-order valence-corrected chi connectivity index (χ1v) is 7.49. The third-order valence-corrected chi connectivity index (χ3v) is 4.44. The van der Waals surface area contributed by atoms with Crippen LogP contribution in [0.25, 0.3) is 0 Å². The van der Waals surface area contributed by atoms with Crippen LogP contribution in [0.4, 0.5) is 11.4 Å². The van der Waals surface area contributed by atoms with E-state index in [1.807, 2.05) is 25.1 Å². The predicted molar refractivity (Wildman–Crippen MR) is 89.0 cm³/mol.